The quantitative estimate of drug-likeness (QED) is 0.0267. The number of aliphatic carboxylic acids is 2. The maximum atomic E-state index is 12.6. The van der Waals surface area contributed by atoms with Crippen molar-refractivity contribution in [2.45, 2.75) is 135 Å². The van der Waals surface area contributed by atoms with Crippen LogP contribution in [0.4, 0.5) is 0 Å². The number of carbonyl (C=O) groups is 7. The van der Waals surface area contributed by atoms with Crippen molar-refractivity contribution < 1.29 is 72.7 Å². The van der Waals surface area contributed by atoms with Crippen LogP contribution in [0.15, 0.2) is 0 Å². The SMILES string of the molecule is C[C@H](CCC(=O)O)[C@H]1CCC2[C@@H]3CC[C@@H]4C[C@@H](ONC(=O)CCC(=O)NCCOCCOCC(=O)NCCOCCOCC(=O)N[C@@H](CCCCNC(=O)CBr)C(=O)O)CC[C@]4(C)[C@H]3C[C@H](O)[C@@]21C. The molecule has 0 aliphatic heterocycles. The molecule has 8 N–H and O–H groups in total. The Morgan fingerprint density at radius 3 is 1.97 bits per heavy atom. The molecule has 394 valence electrons. The molecule has 5 amide bonds. The van der Waals surface area contributed by atoms with Crippen molar-refractivity contribution in [1.29, 1.82) is 0 Å². The van der Waals surface area contributed by atoms with E-state index in [2.05, 4.69) is 63.4 Å². The first-order valence-corrected chi connectivity index (χ1v) is 26.1. The molecule has 69 heavy (non-hydrogen) atoms. The number of fused-ring (bicyclic) bond motifs is 5. The molecule has 4 fully saturated rings. The second-order valence-corrected chi connectivity index (χ2v) is 20.4. The summed E-state index contributed by atoms with van der Waals surface area (Å²) < 4.78 is 21.4. The van der Waals surface area contributed by atoms with Crippen molar-refractivity contribution in [3.63, 3.8) is 0 Å². The number of aliphatic hydroxyl groups excluding tert-OH is 1. The number of carboxylic acids is 2. The lowest BCUT2D eigenvalue weighted by Gasteiger charge is -2.62. The molecule has 4 rings (SSSR count). The van der Waals surface area contributed by atoms with Gasteiger partial charge < -0.3 is 55.5 Å². The number of ether oxygens (including phenoxy) is 4. The third kappa shape index (κ3) is 18.3. The van der Waals surface area contributed by atoms with E-state index in [-0.39, 0.29) is 143 Å². The van der Waals surface area contributed by atoms with Crippen LogP contribution >= 0.6 is 15.9 Å². The summed E-state index contributed by atoms with van der Waals surface area (Å²) in [6.45, 7) is 8.29. The Kier molecular flexibility index (Phi) is 25.1. The molecule has 0 aromatic carbocycles. The molecular weight excluding hydrogens is 966 g/mol. The van der Waals surface area contributed by atoms with Gasteiger partial charge in [0.1, 0.15) is 19.3 Å². The number of hydroxylamine groups is 1. The van der Waals surface area contributed by atoms with E-state index in [1.54, 1.807) is 0 Å². The average molecular weight is 1050 g/mol. The first-order chi connectivity index (χ1) is 33.0. The summed E-state index contributed by atoms with van der Waals surface area (Å²) in [5, 5.41) is 41.1. The highest BCUT2D eigenvalue weighted by Gasteiger charge is 2.63. The minimum atomic E-state index is -1.15. The van der Waals surface area contributed by atoms with Crippen LogP contribution in [0.1, 0.15) is 117 Å². The molecule has 0 heterocycles. The van der Waals surface area contributed by atoms with Crippen molar-refractivity contribution in [3.8, 4) is 0 Å². The van der Waals surface area contributed by atoms with Gasteiger partial charge in [-0.3, -0.25) is 33.6 Å². The lowest BCUT2D eigenvalue weighted by Crippen LogP contribution is -2.59. The molecule has 1 unspecified atom stereocenters. The van der Waals surface area contributed by atoms with Gasteiger partial charge in [-0.25, -0.2) is 10.3 Å². The van der Waals surface area contributed by atoms with Crippen LogP contribution in [0.3, 0.4) is 0 Å². The average Bonchev–Trinajstić information content (AvgIpc) is 3.69. The molecule has 0 aromatic heterocycles. The number of alkyl halides is 1. The third-order valence-corrected chi connectivity index (χ3v) is 16.1. The smallest absolute Gasteiger partial charge is 0.326 e. The van der Waals surface area contributed by atoms with Crippen molar-refractivity contribution in [2.75, 3.05) is 77.8 Å². The summed E-state index contributed by atoms with van der Waals surface area (Å²) in [4.78, 5) is 88.9. The summed E-state index contributed by atoms with van der Waals surface area (Å²) in [5.41, 5.74) is 2.50. The highest BCUT2D eigenvalue weighted by atomic mass is 79.9. The van der Waals surface area contributed by atoms with E-state index in [9.17, 15) is 48.9 Å². The van der Waals surface area contributed by atoms with Crippen molar-refractivity contribution in [3.05, 3.63) is 0 Å². The van der Waals surface area contributed by atoms with E-state index in [1.165, 1.54) is 0 Å². The van der Waals surface area contributed by atoms with Gasteiger partial charge in [0.2, 0.25) is 29.5 Å². The molecule has 4 aliphatic carbocycles. The van der Waals surface area contributed by atoms with Crippen molar-refractivity contribution >= 4 is 57.4 Å². The molecule has 4 aliphatic rings. The number of rotatable bonds is 33. The second-order valence-electron chi connectivity index (χ2n) is 19.9. The summed E-state index contributed by atoms with van der Waals surface area (Å²) >= 11 is 3.04. The zero-order valence-corrected chi connectivity index (χ0v) is 42.5. The van der Waals surface area contributed by atoms with Gasteiger partial charge in [-0.05, 0) is 123 Å². The topological polar surface area (TPSA) is 286 Å². The molecule has 21 heteroatoms. The van der Waals surface area contributed by atoms with Crippen LogP contribution in [0.25, 0.3) is 0 Å². The number of halogens is 1. The number of amides is 5. The normalized spacial score (nSPS) is 27.9. The summed E-state index contributed by atoms with van der Waals surface area (Å²) in [7, 11) is 0. The van der Waals surface area contributed by atoms with Gasteiger partial charge in [-0.2, -0.15) is 0 Å². The van der Waals surface area contributed by atoms with Crippen molar-refractivity contribution in [2.24, 2.45) is 46.3 Å². The molecular formula is C48H80BrN5O15. The van der Waals surface area contributed by atoms with Gasteiger partial charge in [0.25, 0.3) is 0 Å². The fourth-order valence-electron chi connectivity index (χ4n) is 11.9. The Morgan fingerprint density at radius 2 is 1.30 bits per heavy atom. The van der Waals surface area contributed by atoms with Gasteiger partial charge in [0.05, 0.1) is 57.2 Å². The van der Waals surface area contributed by atoms with E-state index in [4.69, 9.17) is 23.8 Å². The summed E-state index contributed by atoms with van der Waals surface area (Å²) in [6.07, 6.45) is 9.39. The standard InChI is InChI=1S/C48H80BrN5O15/c1-31(7-14-45(61)62)35-10-11-36-34-9-8-32-26-33(15-16-47(32,2)37(34)27-39(55)48(35,36)3)69-54-41(57)13-12-40(56)51-18-20-65-22-24-67-29-43(59)52-19-21-66-23-25-68-30-44(60)53-38(46(63)64)6-4-5-17-50-42(58)28-49/h31-39,55H,4-30H2,1-3H3,(H,50,58)(H,51,56)(H,52,59)(H,53,60)(H,54,57)(H,61,62)(H,63,64)/t31-,32-,33+,34+,35-,36?,37+,38+,39+,47+,48-/m1/s1. The zero-order valence-electron chi connectivity index (χ0n) is 40.9. The van der Waals surface area contributed by atoms with Gasteiger partial charge in [-0.15, -0.1) is 0 Å². The molecule has 0 saturated heterocycles. The number of carbonyl (C=O) groups excluding carboxylic acids is 5. The number of carboxylic acid groups (broad SMARTS) is 2. The molecule has 11 atom stereocenters. The first-order valence-electron chi connectivity index (χ1n) is 25.0. The van der Waals surface area contributed by atoms with Gasteiger partial charge in [-0.1, -0.05) is 36.7 Å². The predicted molar refractivity (Wildman–Crippen MR) is 254 cm³/mol. The molecule has 0 spiro atoms. The molecule has 0 radical (unpaired) electrons. The van der Waals surface area contributed by atoms with E-state index in [1.807, 2.05) is 0 Å². The Balaban J connectivity index is 0.949. The number of hydrogen-bond acceptors (Lipinski definition) is 13. The van der Waals surface area contributed by atoms with Crippen LogP contribution in [0, 0.1) is 46.3 Å². The van der Waals surface area contributed by atoms with Gasteiger partial charge in [0.15, 0.2) is 0 Å². The molecule has 4 saturated carbocycles. The van der Waals surface area contributed by atoms with Crippen LogP contribution in [0.2, 0.25) is 0 Å². The number of unbranched alkanes of at least 4 members (excludes halogenated alkanes) is 1. The Labute approximate surface area is 415 Å². The van der Waals surface area contributed by atoms with E-state index in [0.717, 1.165) is 51.4 Å². The second kappa shape index (κ2) is 29.8. The number of hydrogen-bond donors (Lipinski definition) is 8. The number of nitrogens with one attached hydrogen (secondary N) is 5. The van der Waals surface area contributed by atoms with Crippen LogP contribution in [-0.4, -0.2) is 153 Å². The first kappa shape index (κ1) is 58.1. The maximum absolute atomic E-state index is 12.6. The van der Waals surface area contributed by atoms with Crippen LogP contribution in [-0.2, 0) is 57.3 Å². The Bertz CT molecular complexity index is 1680. The maximum Gasteiger partial charge on any atom is 0.326 e. The van der Waals surface area contributed by atoms with Gasteiger partial charge >= 0.3 is 11.9 Å². The number of aliphatic hydroxyl groups is 1. The fraction of sp³-hybridized carbons (Fsp3) is 0.854. The largest absolute Gasteiger partial charge is 0.481 e. The predicted octanol–water partition coefficient (Wildman–Crippen LogP) is 2.86. The lowest BCUT2D eigenvalue weighted by atomic mass is 9.43. The monoisotopic (exact) mass is 1050 g/mol. The van der Waals surface area contributed by atoms with E-state index in [0.29, 0.717) is 55.4 Å². The minimum Gasteiger partial charge on any atom is -0.481 e. The van der Waals surface area contributed by atoms with E-state index < -0.39 is 30.0 Å². The Hall–Kier alpha value is -3.47. The zero-order chi connectivity index (χ0) is 50.4. The fourth-order valence-corrected chi connectivity index (χ4v) is 12.1. The molecule has 0 aromatic rings. The molecule has 20 nitrogen and oxygen atoms in total. The highest BCUT2D eigenvalue weighted by Crippen LogP contribution is 2.68. The summed E-state index contributed by atoms with van der Waals surface area (Å²) in [5.74, 6) is -1.15. The minimum absolute atomic E-state index is 0.00192. The summed E-state index contributed by atoms with van der Waals surface area (Å²) in [6, 6.07) is -1.06. The van der Waals surface area contributed by atoms with Gasteiger partial charge in [0, 0.05) is 38.9 Å². The van der Waals surface area contributed by atoms with Crippen LogP contribution < -0.4 is 26.7 Å². The lowest BCUT2D eigenvalue weighted by molar-refractivity contribution is -0.184. The van der Waals surface area contributed by atoms with E-state index >= 15 is 0 Å². The molecule has 0 bridgehead atoms. The highest BCUT2D eigenvalue weighted by molar-refractivity contribution is 9.09. The van der Waals surface area contributed by atoms with Crippen molar-refractivity contribution in [1.82, 2.24) is 26.7 Å². The third-order valence-electron chi connectivity index (χ3n) is 15.6. The van der Waals surface area contributed by atoms with Crippen LogP contribution in [0.5, 0.6) is 0 Å². The Morgan fingerprint density at radius 1 is 0.667 bits per heavy atom.